The van der Waals surface area contributed by atoms with Crippen LogP contribution in [0.15, 0.2) is 53.6 Å². The van der Waals surface area contributed by atoms with Crippen molar-refractivity contribution in [3.63, 3.8) is 0 Å². The number of allylic oxidation sites excluding steroid dienone is 1. The van der Waals surface area contributed by atoms with Gasteiger partial charge in [0, 0.05) is 16.3 Å². The Bertz CT molecular complexity index is 900. The van der Waals surface area contributed by atoms with Gasteiger partial charge in [-0.3, -0.25) is 5.43 Å². The van der Waals surface area contributed by atoms with Gasteiger partial charge in [0.15, 0.2) is 5.11 Å². The normalized spacial score (nSPS) is 12.1. The van der Waals surface area contributed by atoms with Crippen molar-refractivity contribution in [2.24, 2.45) is 5.10 Å². The molecule has 0 atom stereocenters. The predicted molar refractivity (Wildman–Crippen MR) is 111 cm³/mol. The van der Waals surface area contributed by atoms with Crippen LogP contribution in [0.3, 0.4) is 0 Å². The number of benzene rings is 2. The van der Waals surface area contributed by atoms with Crippen LogP contribution in [-0.2, 0) is 6.18 Å². The maximum atomic E-state index is 13.2. The number of rotatable bonds is 5. The van der Waals surface area contributed by atoms with Gasteiger partial charge in [0.05, 0.1) is 18.4 Å². The van der Waals surface area contributed by atoms with Crippen LogP contribution in [-0.4, -0.2) is 18.4 Å². The second-order valence-corrected chi connectivity index (χ2v) is 6.53. The first kappa shape index (κ1) is 22.0. The van der Waals surface area contributed by atoms with E-state index in [4.69, 9.17) is 40.2 Å². The van der Waals surface area contributed by atoms with Gasteiger partial charge in [0.1, 0.15) is 5.75 Å². The minimum Gasteiger partial charge on any atom is -0.497 e. The first-order valence-electron chi connectivity index (χ1n) is 7.67. The number of hydrazone groups is 1. The second-order valence-electron chi connectivity index (χ2n) is 5.27. The van der Waals surface area contributed by atoms with Crippen LogP contribution in [0.25, 0.3) is 5.03 Å². The number of ether oxygens (including phenoxy) is 1. The highest BCUT2D eigenvalue weighted by atomic mass is 35.5. The molecule has 0 spiro atoms. The molecule has 0 aliphatic rings. The third-order valence-electron chi connectivity index (χ3n) is 3.36. The van der Waals surface area contributed by atoms with E-state index < -0.39 is 11.7 Å². The third-order valence-corrected chi connectivity index (χ3v) is 4.15. The fraction of sp³-hybridized carbons (Fsp3) is 0.111. The number of hydrogen-bond acceptors (Lipinski definition) is 3. The summed E-state index contributed by atoms with van der Waals surface area (Å²) in [7, 11) is 1.28. The number of anilines is 1. The SMILES string of the molecule is COc1ccc(NC(=S)N/N=C/C=C(\Cl)c2ccc(Cl)cc2)c(C(F)(F)F)c1. The fourth-order valence-corrected chi connectivity index (χ4v) is 2.52. The molecule has 0 saturated carbocycles. The van der Waals surface area contributed by atoms with E-state index in [9.17, 15) is 13.2 Å². The van der Waals surface area contributed by atoms with E-state index in [1.165, 1.54) is 31.5 Å². The summed E-state index contributed by atoms with van der Waals surface area (Å²) in [5, 5.41) is 7.12. The molecule has 2 rings (SSSR count). The zero-order chi connectivity index (χ0) is 20.7. The van der Waals surface area contributed by atoms with Gasteiger partial charge in [-0.15, -0.1) is 0 Å². The van der Waals surface area contributed by atoms with E-state index in [1.54, 1.807) is 24.3 Å². The summed E-state index contributed by atoms with van der Waals surface area (Å²) in [6, 6.07) is 10.3. The van der Waals surface area contributed by atoms with Crippen LogP contribution in [0.1, 0.15) is 11.1 Å². The summed E-state index contributed by atoms with van der Waals surface area (Å²) < 4.78 is 44.4. The zero-order valence-corrected chi connectivity index (χ0v) is 16.7. The number of thiocarbonyl (C=S) groups is 1. The van der Waals surface area contributed by atoms with Crippen molar-refractivity contribution >= 4 is 57.5 Å². The molecule has 2 aromatic carbocycles. The zero-order valence-electron chi connectivity index (χ0n) is 14.3. The lowest BCUT2D eigenvalue weighted by Crippen LogP contribution is -2.25. The largest absolute Gasteiger partial charge is 0.497 e. The van der Waals surface area contributed by atoms with Crippen molar-refractivity contribution in [2.75, 3.05) is 12.4 Å². The van der Waals surface area contributed by atoms with E-state index in [1.807, 2.05) is 0 Å². The van der Waals surface area contributed by atoms with Gasteiger partial charge in [-0.2, -0.15) is 18.3 Å². The van der Waals surface area contributed by atoms with Crippen LogP contribution < -0.4 is 15.5 Å². The van der Waals surface area contributed by atoms with Crippen molar-refractivity contribution < 1.29 is 17.9 Å². The second kappa shape index (κ2) is 9.77. The molecular formula is C18H14Cl2F3N3OS. The molecule has 0 saturated heterocycles. The van der Waals surface area contributed by atoms with E-state index in [2.05, 4.69) is 15.8 Å². The molecule has 2 aromatic rings. The lowest BCUT2D eigenvalue weighted by atomic mass is 10.1. The average Bonchev–Trinajstić information content (AvgIpc) is 2.65. The molecule has 148 valence electrons. The molecule has 2 N–H and O–H groups in total. The van der Waals surface area contributed by atoms with Crippen molar-refractivity contribution in [3.8, 4) is 5.75 Å². The lowest BCUT2D eigenvalue weighted by molar-refractivity contribution is -0.137. The standard InChI is InChI=1S/C18H14Cl2F3N3OS/c1-27-13-6-7-16(14(10-13)18(21,22)23)25-17(28)26-24-9-8-15(20)11-2-4-12(19)5-3-11/h2-10H,1H3,(H2,25,26,28)/b15-8-,24-9+. The van der Waals surface area contributed by atoms with Gasteiger partial charge in [0.2, 0.25) is 0 Å². The molecule has 0 unspecified atom stereocenters. The minimum absolute atomic E-state index is 0.0803. The number of nitrogens with one attached hydrogen (secondary N) is 2. The molecule has 0 aliphatic heterocycles. The van der Waals surface area contributed by atoms with E-state index >= 15 is 0 Å². The Morgan fingerprint density at radius 2 is 1.86 bits per heavy atom. The number of nitrogens with zero attached hydrogens (tertiary/aromatic N) is 1. The summed E-state index contributed by atoms with van der Waals surface area (Å²) in [4.78, 5) is 0. The highest BCUT2D eigenvalue weighted by molar-refractivity contribution is 7.80. The third kappa shape index (κ3) is 6.40. The molecule has 0 aliphatic carbocycles. The van der Waals surface area contributed by atoms with Crippen LogP contribution in [0.2, 0.25) is 5.02 Å². The summed E-state index contributed by atoms with van der Waals surface area (Å²) in [5.41, 5.74) is 2.01. The van der Waals surface area contributed by atoms with E-state index in [-0.39, 0.29) is 16.5 Å². The average molecular weight is 448 g/mol. The Labute approximate surface area is 175 Å². The predicted octanol–water partition coefficient (Wildman–Crippen LogP) is 5.92. The van der Waals surface area contributed by atoms with Crippen molar-refractivity contribution in [1.29, 1.82) is 0 Å². The number of hydrogen-bond donors (Lipinski definition) is 2. The van der Waals surface area contributed by atoms with E-state index in [0.717, 1.165) is 11.6 Å². The Hall–Kier alpha value is -2.29. The van der Waals surface area contributed by atoms with Gasteiger partial charge in [0.25, 0.3) is 0 Å². The molecule has 0 amide bonds. The quantitative estimate of drug-likeness (QED) is 0.339. The molecule has 4 nitrogen and oxygen atoms in total. The van der Waals surface area contributed by atoms with Crippen molar-refractivity contribution in [2.45, 2.75) is 6.18 Å². The smallest absolute Gasteiger partial charge is 0.418 e. The maximum Gasteiger partial charge on any atom is 0.418 e. The molecule has 0 aromatic heterocycles. The number of halogens is 5. The Kier molecular flexibility index (Phi) is 7.68. The number of alkyl halides is 3. The van der Waals surface area contributed by atoms with Crippen LogP contribution in [0.5, 0.6) is 5.75 Å². The Balaban J connectivity index is 2.01. The molecule has 10 heteroatoms. The lowest BCUT2D eigenvalue weighted by Gasteiger charge is -2.15. The number of methoxy groups -OCH3 is 1. The molecular weight excluding hydrogens is 434 g/mol. The molecule has 0 heterocycles. The first-order chi connectivity index (χ1) is 13.2. The van der Waals surface area contributed by atoms with Gasteiger partial charge < -0.3 is 10.1 Å². The highest BCUT2D eigenvalue weighted by Crippen LogP contribution is 2.37. The molecule has 0 bridgehead atoms. The first-order valence-corrected chi connectivity index (χ1v) is 8.84. The monoisotopic (exact) mass is 447 g/mol. The van der Waals surface area contributed by atoms with Gasteiger partial charge in [-0.05, 0) is 54.2 Å². The van der Waals surface area contributed by atoms with Crippen LogP contribution in [0, 0.1) is 0 Å². The highest BCUT2D eigenvalue weighted by Gasteiger charge is 2.34. The maximum absolute atomic E-state index is 13.2. The van der Waals surface area contributed by atoms with Crippen LogP contribution in [0.4, 0.5) is 18.9 Å². The van der Waals surface area contributed by atoms with Gasteiger partial charge >= 0.3 is 6.18 Å². The molecule has 0 fully saturated rings. The Morgan fingerprint density at radius 3 is 2.46 bits per heavy atom. The summed E-state index contributed by atoms with van der Waals surface area (Å²) in [6.45, 7) is 0. The topological polar surface area (TPSA) is 45.6 Å². The minimum atomic E-state index is -4.58. The van der Waals surface area contributed by atoms with Gasteiger partial charge in [-0.25, -0.2) is 0 Å². The molecule has 28 heavy (non-hydrogen) atoms. The van der Waals surface area contributed by atoms with E-state index in [0.29, 0.717) is 10.1 Å². The Morgan fingerprint density at radius 1 is 1.18 bits per heavy atom. The summed E-state index contributed by atoms with van der Waals surface area (Å²) in [6.07, 6.45) is -1.76. The van der Waals surface area contributed by atoms with Crippen molar-refractivity contribution in [3.05, 3.63) is 64.7 Å². The molecule has 0 radical (unpaired) electrons. The summed E-state index contributed by atoms with van der Waals surface area (Å²) in [5.74, 6) is 0.0803. The van der Waals surface area contributed by atoms with Crippen molar-refractivity contribution in [1.82, 2.24) is 5.43 Å². The van der Waals surface area contributed by atoms with Crippen LogP contribution >= 0.6 is 35.4 Å². The fourth-order valence-electron chi connectivity index (χ4n) is 2.05. The summed E-state index contributed by atoms with van der Waals surface area (Å²) >= 11 is 16.9. The van der Waals surface area contributed by atoms with Gasteiger partial charge in [-0.1, -0.05) is 35.3 Å².